The van der Waals surface area contributed by atoms with Gasteiger partial charge in [-0.1, -0.05) is 13.8 Å². The van der Waals surface area contributed by atoms with Gasteiger partial charge in [0.25, 0.3) is 0 Å². The highest BCUT2D eigenvalue weighted by atomic mass is 16.3. The molecule has 0 radical (unpaired) electrons. The monoisotopic (exact) mass is 294 g/mol. The van der Waals surface area contributed by atoms with Gasteiger partial charge in [-0.25, -0.2) is 0 Å². The molecule has 5 atom stereocenters. The van der Waals surface area contributed by atoms with Gasteiger partial charge in [0, 0.05) is 24.7 Å². The Morgan fingerprint density at radius 2 is 1.71 bits per heavy atom. The summed E-state index contributed by atoms with van der Waals surface area (Å²) in [7, 11) is 2.14. The smallest absolute Gasteiger partial charge is 0.0570 e. The van der Waals surface area contributed by atoms with Crippen LogP contribution < -0.4 is 5.32 Å². The van der Waals surface area contributed by atoms with Crippen molar-refractivity contribution in [3.05, 3.63) is 0 Å². The maximum absolute atomic E-state index is 9.99. The lowest BCUT2D eigenvalue weighted by atomic mass is 9.73. The average Bonchev–Trinajstić information content (AvgIpc) is 2.70. The normalized spacial score (nSPS) is 44.4. The molecule has 0 spiro atoms. The third kappa shape index (κ3) is 3.30. The van der Waals surface area contributed by atoms with E-state index in [1.54, 1.807) is 0 Å². The summed E-state index contributed by atoms with van der Waals surface area (Å²) in [5.74, 6) is 2.53. The molecule has 2 aliphatic heterocycles. The third-order valence-corrected chi connectivity index (χ3v) is 6.64. The van der Waals surface area contributed by atoms with Gasteiger partial charge in [-0.3, -0.25) is 4.90 Å². The second-order valence-electron chi connectivity index (χ2n) is 8.18. The fraction of sp³-hybridized carbons (Fsp3) is 1.00. The van der Waals surface area contributed by atoms with Crippen LogP contribution in [0.15, 0.2) is 0 Å². The lowest BCUT2D eigenvalue weighted by Crippen LogP contribution is -2.51. The Hall–Kier alpha value is -0.120. The zero-order valence-electron chi connectivity index (χ0n) is 14.1. The van der Waals surface area contributed by atoms with Crippen LogP contribution in [0.1, 0.15) is 58.8 Å². The summed E-state index contributed by atoms with van der Waals surface area (Å²) in [5, 5.41) is 13.6. The van der Waals surface area contributed by atoms with Crippen molar-refractivity contribution in [3.63, 3.8) is 0 Å². The first-order chi connectivity index (χ1) is 10.1. The molecular weight excluding hydrogens is 260 g/mol. The lowest BCUT2D eigenvalue weighted by molar-refractivity contribution is 0.0147. The Balaban J connectivity index is 1.64. The summed E-state index contributed by atoms with van der Waals surface area (Å²) in [6.45, 7) is 6.04. The largest absolute Gasteiger partial charge is 0.393 e. The van der Waals surface area contributed by atoms with E-state index < -0.39 is 0 Å². The zero-order valence-corrected chi connectivity index (χ0v) is 14.1. The van der Waals surface area contributed by atoms with Gasteiger partial charge in [-0.05, 0) is 69.7 Å². The van der Waals surface area contributed by atoms with E-state index in [1.807, 2.05) is 0 Å². The van der Waals surface area contributed by atoms with Crippen molar-refractivity contribution in [3.8, 4) is 0 Å². The van der Waals surface area contributed by atoms with Gasteiger partial charge in [-0.15, -0.1) is 0 Å². The second-order valence-corrected chi connectivity index (χ2v) is 8.18. The molecule has 3 rings (SSSR count). The molecule has 2 bridgehead atoms. The molecule has 2 N–H and O–H groups in total. The minimum atomic E-state index is -0.0337. The van der Waals surface area contributed by atoms with Gasteiger partial charge in [0.2, 0.25) is 0 Å². The number of rotatable bonds is 4. The first-order valence-corrected chi connectivity index (χ1v) is 9.19. The number of nitrogens with zero attached hydrogens (tertiary/aromatic N) is 1. The summed E-state index contributed by atoms with van der Waals surface area (Å²) < 4.78 is 0. The van der Waals surface area contributed by atoms with E-state index in [0.717, 1.165) is 30.6 Å². The van der Waals surface area contributed by atoms with Crippen LogP contribution in [0.2, 0.25) is 0 Å². The Morgan fingerprint density at radius 1 is 1.05 bits per heavy atom. The van der Waals surface area contributed by atoms with E-state index in [-0.39, 0.29) is 6.10 Å². The Bertz CT molecular complexity index is 332. The van der Waals surface area contributed by atoms with Crippen molar-refractivity contribution < 1.29 is 5.11 Å². The maximum atomic E-state index is 9.99. The lowest BCUT2D eigenvalue weighted by Gasteiger charge is -2.44. The molecule has 3 aliphatic rings. The summed E-state index contributed by atoms with van der Waals surface area (Å²) >= 11 is 0. The van der Waals surface area contributed by atoms with E-state index in [9.17, 15) is 5.11 Å². The van der Waals surface area contributed by atoms with Crippen molar-refractivity contribution in [2.24, 2.45) is 17.8 Å². The summed E-state index contributed by atoms with van der Waals surface area (Å²) in [4.78, 5) is 2.77. The molecule has 2 saturated heterocycles. The van der Waals surface area contributed by atoms with Crippen LogP contribution in [0.5, 0.6) is 0 Å². The maximum Gasteiger partial charge on any atom is 0.0570 e. The van der Waals surface area contributed by atoms with Crippen molar-refractivity contribution in [1.29, 1.82) is 0 Å². The number of aliphatic hydroxyl groups excluding tert-OH is 1. The summed E-state index contributed by atoms with van der Waals surface area (Å²) in [6, 6.07) is 2.03. The number of hydrogen-bond donors (Lipinski definition) is 2. The fourth-order valence-corrected chi connectivity index (χ4v) is 5.30. The van der Waals surface area contributed by atoms with Crippen molar-refractivity contribution in [2.75, 3.05) is 13.6 Å². The topological polar surface area (TPSA) is 35.5 Å². The highest BCUT2D eigenvalue weighted by molar-refractivity contribution is 4.97. The SMILES string of the molecule is CNC1CCC(C(C)C)CC1CN1C2CCC1CC(O)C2. The minimum absolute atomic E-state index is 0.0337. The molecule has 3 fully saturated rings. The van der Waals surface area contributed by atoms with Crippen LogP contribution in [0.3, 0.4) is 0 Å². The van der Waals surface area contributed by atoms with Crippen molar-refractivity contribution in [2.45, 2.75) is 83.0 Å². The molecule has 21 heavy (non-hydrogen) atoms. The highest BCUT2D eigenvalue weighted by Crippen LogP contribution is 2.40. The molecule has 1 saturated carbocycles. The summed E-state index contributed by atoms with van der Waals surface area (Å²) in [6.07, 6.45) is 8.75. The third-order valence-electron chi connectivity index (χ3n) is 6.64. The minimum Gasteiger partial charge on any atom is -0.393 e. The van der Waals surface area contributed by atoms with Gasteiger partial charge >= 0.3 is 0 Å². The number of nitrogens with one attached hydrogen (secondary N) is 1. The zero-order chi connectivity index (χ0) is 15.0. The van der Waals surface area contributed by atoms with E-state index in [0.29, 0.717) is 18.1 Å². The molecule has 1 aliphatic carbocycles. The van der Waals surface area contributed by atoms with Crippen molar-refractivity contribution in [1.82, 2.24) is 10.2 Å². The molecule has 0 aromatic rings. The molecule has 5 unspecified atom stereocenters. The number of hydrogen-bond acceptors (Lipinski definition) is 3. The van der Waals surface area contributed by atoms with Crippen LogP contribution in [-0.4, -0.2) is 47.8 Å². The van der Waals surface area contributed by atoms with Crippen LogP contribution >= 0.6 is 0 Å². The highest BCUT2D eigenvalue weighted by Gasteiger charge is 2.42. The van der Waals surface area contributed by atoms with Crippen LogP contribution in [-0.2, 0) is 0 Å². The predicted molar refractivity (Wildman–Crippen MR) is 87.3 cm³/mol. The van der Waals surface area contributed by atoms with Crippen LogP contribution in [0, 0.1) is 17.8 Å². The average molecular weight is 294 g/mol. The first-order valence-electron chi connectivity index (χ1n) is 9.19. The predicted octanol–water partition coefficient (Wildman–Crippen LogP) is 2.63. The molecule has 3 nitrogen and oxygen atoms in total. The standard InChI is InChI=1S/C18H34N2O/c1-12(2)13-4-7-18(19-3)14(8-13)11-20-15-5-6-16(20)10-17(21)9-15/h12-19,21H,4-11H2,1-3H3. The van der Waals surface area contributed by atoms with Gasteiger partial charge < -0.3 is 10.4 Å². The molecular formula is C18H34N2O. The van der Waals surface area contributed by atoms with Gasteiger partial charge in [0.05, 0.1) is 6.10 Å². The van der Waals surface area contributed by atoms with E-state index in [2.05, 4.69) is 31.1 Å². The molecule has 3 heteroatoms. The first kappa shape index (κ1) is 15.8. The van der Waals surface area contributed by atoms with Crippen LogP contribution in [0.25, 0.3) is 0 Å². The molecule has 0 amide bonds. The molecule has 0 aromatic heterocycles. The Labute approximate surface area is 130 Å². The fourth-order valence-electron chi connectivity index (χ4n) is 5.30. The second kappa shape index (κ2) is 6.55. The van der Waals surface area contributed by atoms with Gasteiger partial charge in [0.1, 0.15) is 0 Å². The molecule has 0 aromatic carbocycles. The van der Waals surface area contributed by atoms with Gasteiger partial charge in [-0.2, -0.15) is 0 Å². The van der Waals surface area contributed by atoms with Crippen molar-refractivity contribution >= 4 is 0 Å². The molecule has 2 heterocycles. The Kier molecular flexibility index (Phi) is 4.92. The number of aliphatic hydroxyl groups is 1. The molecule has 122 valence electrons. The van der Waals surface area contributed by atoms with Crippen LogP contribution in [0.4, 0.5) is 0 Å². The van der Waals surface area contributed by atoms with Gasteiger partial charge in [0.15, 0.2) is 0 Å². The Morgan fingerprint density at radius 3 is 2.29 bits per heavy atom. The van der Waals surface area contributed by atoms with E-state index in [1.165, 1.54) is 38.6 Å². The number of piperidine rings is 1. The van der Waals surface area contributed by atoms with E-state index >= 15 is 0 Å². The quantitative estimate of drug-likeness (QED) is 0.837. The summed E-state index contributed by atoms with van der Waals surface area (Å²) in [5.41, 5.74) is 0. The number of fused-ring (bicyclic) bond motifs is 2. The van der Waals surface area contributed by atoms with E-state index in [4.69, 9.17) is 0 Å².